The quantitative estimate of drug-likeness (QED) is 0.650. The van der Waals surface area contributed by atoms with E-state index in [-0.39, 0.29) is 23.8 Å². The predicted molar refractivity (Wildman–Crippen MR) is 91.8 cm³/mol. The Hall–Kier alpha value is -2.65. The number of halogens is 1. The van der Waals surface area contributed by atoms with Crippen LogP contribution in [0.2, 0.25) is 0 Å². The molecule has 1 aromatic carbocycles. The molecule has 3 rings (SSSR count). The second-order valence-corrected chi connectivity index (χ2v) is 7.16. The van der Waals surface area contributed by atoms with Crippen molar-refractivity contribution >= 4 is 10.0 Å². The van der Waals surface area contributed by atoms with Gasteiger partial charge in [0.25, 0.3) is 0 Å². The zero-order valence-electron chi connectivity index (χ0n) is 14.0. The van der Waals surface area contributed by atoms with E-state index in [1.807, 2.05) is 0 Å². The van der Waals surface area contributed by atoms with Gasteiger partial charge in [-0.2, -0.15) is 5.10 Å². The lowest BCUT2D eigenvalue weighted by molar-refractivity contribution is 0.321. The summed E-state index contributed by atoms with van der Waals surface area (Å²) >= 11 is 0. The number of hydrogen-bond acceptors (Lipinski definition) is 5. The van der Waals surface area contributed by atoms with E-state index < -0.39 is 21.9 Å². The fourth-order valence-electron chi connectivity index (χ4n) is 2.46. The first kappa shape index (κ1) is 18.2. The third-order valence-electron chi connectivity index (χ3n) is 3.70. The fourth-order valence-corrected chi connectivity index (χ4v) is 3.51. The molecule has 3 aromatic rings. The summed E-state index contributed by atoms with van der Waals surface area (Å²) in [5, 5.41) is 4.14. The molecular weight excluding hydrogens is 361 g/mol. The highest BCUT2D eigenvalue weighted by Gasteiger charge is 2.22. The number of ether oxygens (including phenoxy) is 1. The Balaban J connectivity index is 1.79. The summed E-state index contributed by atoms with van der Waals surface area (Å²) in [6, 6.07) is 8.23. The first-order valence-corrected chi connectivity index (χ1v) is 9.44. The molecule has 7 nitrogen and oxygen atoms in total. The normalized spacial score (nSPS) is 12.8. The minimum atomic E-state index is -3.92. The molecule has 0 saturated carbocycles. The van der Waals surface area contributed by atoms with Crippen molar-refractivity contribution in [2.75, 3.05) is 13.2 Å². The molecule has 0 spiro atoms. The van der Waals surface area contributed by atoms with E-state index in [0.717, 1.165) is 6.07 Å². The second kappa shape index (κ2) is 7.71. The molecule has 0 radical (unpaired) electrons. The zero-order valence-corrected chi connectivity index (χ0v) is 14.8. The first-order chi connectivity index (χ1) is 12.5. The van der Waals surface area contributed by atoms with E-state index in [1.54, 1.807) is 42.2 Å². The molecule has 0 aliphatic heterocycles. The van der Waals surface area contributed by atoms with Gasteiger partial charge in [-0.05, 0) is 43.3 Å². The van der Waals surface area contributed by atoms with Crippen LogP contribution in [0.25, 0.3) is 0 Å². The fraction of sp³-hybridized carbons (Fsp3) is 0.235. The van der Waals surface area contributed by atoms with Gasteiger partial charge in [-0.15, -0.1) is 0 Å². The van der Waals surface area contributed by atoms with Crippen molar-refractivity contribution in [3.63, 3.8) is 0 Å². The minimum Gasteiger partial charge on any atom is -0.491 e. The lowest BCUT2D eigenvalue weighted by atomic mass is 10.2. The molecule has 2 aromatic heterocycles. The van der Waals surface area contributed by atoms with Gasteiger partial charge in [0.05, 0.1) is 17.8 Å². The summed E-state index contributed by atoms with van der Waals surface area (Å²) in [5.74, 6) is -0.171. The zero-order chi connectivity index (χ0) is 18.6. The van der Waals surface area contributed by atoms with Crippen molar-refractivity contribution in [3.05, 3.63) is 66.6 Å². The maximum atomic E-state index is 14.0. The lowest BCUT2D eigenvalue weighted by Gasteiger charge is -2.16. The van der Waals surface area contributed by atoms with Crippen molar-refractivity contribution in [2.24, 2.45) is 0 Å². The van der Waals surface area contributed by atoms with Crippen molar-refractivity contribution in [3.8, 4) is 5.75 Å². The van der Waals surface area contributed by atoms with Crippen LogP contribution >= 0.6 is 0 Å². The lowest BCUT2D eigenvalue weighted by Crippen LogP contribution is -2.31. The van der Waals surface area contributed by atoms with E-state index in [0.29, 0.717) is 5.76 Å². The summed E-state index contributed by atoms with van der Waals surface area (Å²) in [4.78, 5) is -0.183. The van der Waals surface area contributed by atoms with E-state index in [4.69, 9.17) is 9.15 Å². The Morgan fingerprint density at radius 1 is 1.35 bits per heavy atom. The Morgan fingerprint density at radius 2 is 2.19 bits per heavy atom. The number of nitrogens with zero attached hydrogens (tertiary/aromatic N) is 2. The van der Waals surface area contributed by atoms with Crippen molar-refractivity contribution in [1.82, 2.24) is 14.5 Å². The number of hydrogen-bond donors (Lipinski definition) is 1. The van der Waals surface area contributed by atoms with Crippen LogP contribution in [0.1, 0.15) is 18.7 Å². The molecule has 0 aliphatic carbocycles. The summed E-state index contributed by atoms with van der Waals surface area (Å²) < 4.78 is 53.5. The average molecular weight is 379 g/mol. The van der Waals surface area contributed by atoms with Crippen molar-refractivity contribution in [2.45, 2.75) is 17.9 Å². The Labute approximate surface area is 150 Å². The van der Waals surface area contributed by atoms with Gasteiger partial charge in [0, 0.05) is 18.9 Å². The van der Waals surface area contributed by atoms with Gasteiger partial charge in [0.1, 0.15) is 11.8 Å². The monoisotopic (exact) mass is 379 g/mol. The number of nitrogens with one attached hydrogen (secondary N) is 1. The molecule has 0 amide bonds. The molecule has 0 saturated heterocycles. The van der Waals surface area contributed by atoms with Gasteiger partial charge >= 0.3 is 0 Å². The number of rotatable bonds is 8. The third kappa shape index (κ3) is 3.94. The van der Waals surface area contributed by atoms with Crippen LogP contribution < -0.4 is 9.46 Å². The standard InChI is InChI=1S/C17H18FN3O4S/c1-2-24-16-7-6-13(11-14(16)18)26(22,23)20-12-15(17-5-3-10-25-17)21-9-4-8-19-21/h3-11,15,20H,2,12H2,1H3. The molecule has 0 fully saturated rings. The van der Waals surface area contributed by atoms with Crippen LogP contribution in [0, 0.1) is 5.82 Å². The SMILES string of the molecule is CCOc1ccc(S(=O)(=O)NCC(c2ccco2)n2cccn2)cc1F. The maximum absolute atomic E-state index is 14.0. The molecule has 0 aliphatic rings. The number of benzene rings is 1. The van der Waals surface area contributed by atoms with E-state index in [1.165, 1.54) is 18.4 Å². The van der Waals surface area contributed by atoms with Crippen molar-refractivity contribution in [1.29, 1.82) is 0 Å². The second-order valence-electron chi connectivity index (χ2n) is 5.39. The highest BCUT2D eigenvalue weighted by Crippen LogP contribution is 2.22. The number of aromatic nitrogens is 2. The van der Waals surface area contributed by atoms with Gasteiger partial charge < -0.3 is 9.15 Å². The number of sulfonamides is 1. The Bertz CT molecular complexity index is 906. The molecule has 0 bridgehead atoms. The van der Waals surface area contributed by atoms with E-state index in [9.17, 15) is 12.8 Å². The van der Waals surface area contributed by atoms with Crippen LogP contribution in [-0.4, -0.2) is 31.3 Å². The summed E-state index contributed by atoms with van der Waals surface area (Å²) in [6.07, 6.45) is 4.80. The average Bonchev–Trinajstić information content (AvgIpc) is 3.31. The van der Waals surface area contributed by atoms with Gasteiger partial charge in [0.2, 0.25) is 10.0 Å². The smallest absolute Gasteiger partial charge is 0.240 e. The molecule has 2 heterocycles. The van der Waals surface area contributed by atoms with Crippen LogP contribution in [0.5, 0.6) is 5.75 Å². The summed E-state index contributed by atoms with van der Waals surface area (Å²) in [7, 11) is -3.92. The minimum absolute atomic E-state index is 0.00758. The maximum Gasteiger partial charge on any atom is 0.240 e. The Kier molecular flexibility index (Phi) is 5.38. The molecule has 1 N–H and O–H groups in total. The summed E-state index contributed by atoms with van der Waals surface area (Å²) in [5.41, 5.74) is 0. The highest BCUT2D eigenvalue weighted by atomic mass is 32.2. The molecule has 138 valence electrons. The Morgan fingerprint density at radius 3 is 2.81 bits per heavy atom. The van der Waals surface area contributed by atoms with Crippen LogP contribution in [0.3, 0.4) is 0 Å². The summed E-state index contributed by atoms with van der Waals surface area (Å²) in [6.45, 7) is 2.00. The third-order valence-corrected chi connectivity index (χ3v) is 5.12. The van der Waals surface area contributed by atoms with Crippen LogP contribution in [0.15, 0.2) is 64.4 Å². The van der Waals surface area contributed by atoms with Gasteiger partial charge in [-0.1, -0.05) is 0 Å². The van der Waals surface area contributed by atoms with E-state index in [2.05, 4.69) is 9.82 Å². The molecule has 26 heavy (non-hydrogen) atoms. The van der Waals surface area contributed by atoms with Crippen LogP contribution in [0.4, 0.5) is 4.39 Å². The topological polar surface area (TPSA) is 86.4 Å². The largest absolute Gasteiger partial charge is 0.491 e. The molecular formula is C17H18FN3O4S. The highest BCUT2D eigenvalue weighted by molar-refractivity contribution is 7.89. The molecule has 1 atom stereocenters. The molecule has 1 unspecified atom stereocenters. The van der Waals surface area contributed by atoms with Gasteiger partial charge in [-0.3, -0.25) is 4.68 Å². The molecule has 9 heteroatoms. The van der Waals surface area contributed by atoms with Gasteiger partial charge in [-0.25, -0.2) is 17.5 Å². The van der Waals surface area contributed by atoms with Gasteiger partial charge in [0.15, 0.2) is 11.6 Å². The number of furan rings is 1. The van der Waals surface area contributed by atoms with E-state index >= 15 is 0 Å². The van der Waals surface area contributed by atoms with Crippen molar-refractivity contribution < 1.29 is 22.0 Å². The van der Waals surface area contributed by atoms with Crippen LogP contribution in [-0.2, 0) is 10.0 Å². The predicted octanol–water partition coefficient (Wildman–Crippen LogP) is 2.58. The first-order valence-electron chi connectivity index (χ1n) is 7.96.